The monoisotopic (exact) mass is 488 g/mol. The van der Waals surface area contributed by atoms with E-state index in [1.807, 2.05) is 6.07 Å². The number of carbonyl (C=O) groups is 2. The zero-order valence-electron chi connectivity index (χ0n) is 18.8. The smallest absolute Gasteiger partial charge is 0.418 e. The molecule has 1 atom stereocenters. The van der Waals surface area contributed by atoms with E-state index in [9.17, 15) is 22.8 Å². The third kappa shape index (κ3) is 5.79. The van der Waals surface area contributed by atoms with Gasteiger partial charge in [0.25, 0.3) is 5.91 Å². The highest BCUT2D eigenvalue weighted by atomic mass is 19.4. The summed E-state index contributed by atoms with van der Waals surface area (Å²) in [5, 5.41) is 6.03. The summed E-state index contributed by atoms with van der Waals surface area (Å²) in [7, 11) is 0. The van der Waals surface area contributed by atoms with Gasteiger partial charge in [-0.1, -0.05) is 23.4 Å². The van der Waals surface area contributed by atoms with E-state index < -0.39 is 23.7 Å². The third-order valence-electron chi connectivity index (χ3n) is 5.55. The highest BCUT2D eigenvalue weighted by Crippen LogP contribution is 2.38. The number of hydrogen-bond donors (Lipinski definition) is 1. The number of amides is 2. The molecule has 1 fully saturated rings. The lowest BCUT2D eigenvalue weighted by Gasteiger charge is -2.33. The molecule has 35 heavy (non-hydrogen) atoms. The van der Waals surface area contributed by atoms with Gasteiger partial charge in [-0.15, -0.1) is 0 Å². The Hall–Kier alpha value is -3.89. The molecule has 1 aliphatic heterocycles. The first kappa shape index (κ1) is 24.2. The molecule has 3 aromatic rings. The van der Waals surface area contributed by atoms with Crippen molar-refractivity contribution >= 4 is 17.5 Å². The van der Waals surface area contributed by atoms with Crippen LogP contribution in [0.15, 0.2) is 53.1 Å². The van der Waals surface area contributed by atoms with Crippen LogP contribution in [0, 0.1) is 0 Å². The molecule has 1 aliphatic rings. The molecule has 0 aliphatic carbocycles. The van der Waals surface area contributed by atoms with Crippen molar-refractivity contribution in [2.45, 2.75) is 38.4 Å². The largest absolute Gasteiger partial charge is 0.484 e. The van der Waals surface area contributed by atoms with Crippen LogP contribution >= 0.6 is 0 Å². The minimum atomic E-state index is -4.70. The van der Waals surface area contributed by atoms with E-state index in [1.54, 1.807) is 29.2 Å². The summed E-state index contributed by atoms with van der Waals surface area (Å²) in [6.45, 7) is 1.44. The van der Waals surface area contributed by atoms with Crippen molar-refractivity contribution in [3.8, 4) is 17.1 Å². The number of nitrogens with zero attached hydrogens (tertiary/aromatic N) is 3. The van der Waals surface area contributed by atoms with Gasteiger partial charge < -0.3 is 19.5 Å². The van der Waals surface area contributed by atoms with E-state index in [0.29, 0.717) is 18.7 Å². The number of anilines is 1. The van der Waals surface area contributed by atoms with E-state index >= 15 is 0 Å². The molecule has 2 aromatic carbocycles. The van der Waals surface area contributed by atoms with Gasteiger partial charge in [-0.05, 0) is 49.6 Å². The van der Waals surface area contributed by atoms with Gasteiger partial charge in [-0.3, -0.25) is 9.59 Å². The molecule has 11 heteroatoms. The lowest BCUT2D eigenvalue weighted by Crippen LogP contribution is -2.41. The number of nitrogens with one attached hydrogen (secondary N) is 1. The molecule has 1 N–H and O–H groups in total. The molecular formula is C24H23F3N4O4. The van der Waals surface area contributed by atoms with Crippen molar-refractivity contribution in [2.75, 3.05) is 18.5 Å². The van der Waals surface area contributed by atoms with E-state index in [1.165, 1.54) is 6.07 Å². The second kappa shape index (κ2) is 10.2. The molecule has 8 nitrogen and oxygen atoms in total. The number of piperidine rings is 1. The summed E-state index contributed by atoms with van der Waals surface area (Å²) in [4.78, 5) is 30.0. The number of rotatable bonds is 6. The normalized spacial score (nSPS) is 16.1. The Morgan fingerprint density at radius 2 is 1.94 bits per heavy atom. The molecule has 0 bridgehead atoms. The van der Waals surface area contributed by atoms with Crippen LogP contribution in [0.3, 0.4) is 0 Å². The van der Waals surface area contributed by atoms with Crippen molar-refractivity contribution in [3.63, 3.8) is 0 Å². The number of ether oxygens (including phenoxy) is 1. The second-order valence-corrected chi connectivity index (χ2v) is 8.10. The number of alkyl halides is 3. The van der Waals surface area contributed by atoms with Crippen LogP contribution in [0.5, 0.6) is 5.75 Å². The molecule has 0 spiro atoms. The minimum absolute atomic E-state index is 0.0432. The summed E-state index contributed by atoms with van der Waals surface area (Å²) in [6, 6.07) is 11.8. The fourth-order valence-electron chi connectivity index (χ4n) is 3.94. The summed E-state index contributed by atoms with van der Waals surface area (Å²) < 4.78 is 51.6. The van der Waals surface area contributed by atoms with Crippen LogP contribution in [-0.4, -0.2) is 40.0 Å². The maximum Gasteiger partial charge on any atom is 0.418 e. The van der Waals surface area contributed by atoms with E-state index in [0.717, 1.165) is 31.9 Å². The molecule has 2 heterocycles. The minimum Gasteiger partial charge on any atom is -0.484 e. The van der Waals surface area contributed by atoms with Crippen LogP contribution in [0.2, 0.25) is 0 Å². The fourth-order valence-corrected chi connectivity index (χ4v) is 3.94. The van der Waals surface area contributed by atoms with Gasteiger partial charge in [0.15, 0.2) is 6.61 Å². The van der Waals surface area contributed by atoms with Crippen molar-refractivity contribution in [3.05, 3.63) is 60.0 Å². The van der Waals surface area contributed by atoms with E-state index in [4.69, 9.17) is 9.26 Å². The highest BCUT2D eigenvalue weighted by Gasteiger charge is 2.35. The third-order valence-corrected chi connectivity index (χ3v) is 5.55. The van der Waals surface area contributed by atoms with Gasteiger partial charge in [0.05, 0.1) is 11.3 Å². The first-order chi connectivity index (χ1) is 16.7. The van der Waals surface area contributed by atoms with Gasteiger partial charge in [-0.25, -0.2) is 0 Å². The summed E-state index contributed by atoms with van der Waals surface area (Å²) in [5.74, 6) is -0.205. The van der Waals surface area contributed by atoms with Crippen molar-refractivity contribution < 1.29 is 32.0 Å². The zero-order chi connectivity index (χ0) is 25.0. The van der Waals surface area contributed by atoms with E-state index in [-0.39, 0.29) is 35.5 Å². The van der Waals surface area contributed by atoms with Gasteiger partial charge in [-0.2, -0.15) is 18.2 Å². The lowest BCUT2D eigenvalue weighted by atomic mass is 10.0. The number of aromatic nitrogens is 2. The molecule has 0 saturated carbocycles. The molecule has 1 aromatic heterocycles. The van der Waals surface area contributed by atoms with Crippen LogP contribution in [0.1, 0.15) is 43.7 Å². The predicted octanol–water partition coefficient (Wildman–Crippen LogP) is 4.85. The number of likely N-dealkylation sites (tertiary alicyclic amines) is 1. The molecule has 0 radical (unpaired) electrons. The maximum atomic E-state index is 13.6. The fraction of sp³-hybridized carbons (Fsp3) is 0.333. The Kier molecular flexibility index (Phi) is 7.04. The standard InChI is InChI=1S/C24H23F3N4O4/c1-15(32)28-19-11-10-16(13-18(19)24(25,26)27)22-29-23(35-30-22)20-9-5-6-12-31(20)21(33)14-34-17-7-3-2-4-8-17/h2-4,7-8,10-11,13,20H,5-6,9,12,14H2,1H3,(H,28,32)/t20-/m0/s1. The lowest BCUT2D eigenvalue weighted by molar-refractivity contribution is -0.138. The molecule has 0 unspecified atom stereocenters. The summed E-state index contributed by atoms with van der Waals surface area (Å²) in [6.07, 6.45) is -2.50. The van der Waals surface area contributed by atoms with Crippen LogP contribution in [0.25, 0.3) is 11.4 Å². The number of hydrogen-bond acceptors (Lipinski definition) is 6. The Bertz CT molecular complexity index is 1200. The first-order valence-electron chi connectivity index (χ1n) is 11.0. The average Bonchev–Trinajstić information content (AvgIpc) is 3.32. The Labute approximate surface area is 199 Å². The zero-order valence-corrected chi connectivity index (χ0v) is 18.8. The van der Waals surface area contributed by atoms with Crippen LogP contribution in [0.4, 0.5) is 18.9 Å². The van der Waals surface area contributed by atoms with Crippen molar-refractivity contribution in [1.29, 1.82) is 0 Å². The van der Waals surface area contributed by atoms with Crippen molar-refractivity contribution in [1.82, 2.24) is 15.0 Å². The molecule has 1 saturated heterocycles. The molecule has 2 amide bonds. The predicted molar refractivity (Wildman–Crippen MR) is 119 cm³/mol. The van der Waals surface area contributed by atoms with Gasteiger partial charge >= 0.3 is 6.18 Å². The van der Waals surface area contributed by atoms with E-state index in [2.05, 4.69) is 15.5 Å². The van der Waals surface area contributed by atoms with Crippen LogP contribution < -0.4 is 10.1 Å². The Balaban J connectivity index is 1.54. The van der Waals surface area contributed by atoms with Gasteiger partial charge in [0.1, 0.15) is 11.8 Å². The Morgan fingerprint density at radius 3 is 2.66 bits per heavy atom. The number of benzene rings is 2. The topological polar surface area (TPSA) is 97.6 Å². The quantitative estimate of drug-likeness (QED) is 0.533. The second-order valence-electron chi connectivity index (χ2n) is 8.10. The van der Waals surface area contributed by atoms with Crippen LogP contribution in [-0.2, 0) is 15.8 Å². The van der Waals surface area contributed by atoms with Gasteiger partial charge in [0.2, 0.25) is 17.6 Å². The maximum absolute atomic E-state index is 13.6. The molecule has 4 rings (SSSR count). The summed E-state index contributed by atoms with van der Waals surface area (Å²) >= 11 is 0. The number of para-hydroxylation sites is 1. The number of carbonyl (C=O) groups excluding carboxylic acids is 2. The van der Waals surface area contributed by atoms with Crippen molar-refractivity contribution in [2.24, 2.45) is 0 Å². The average molecular weight is 488 g/mol. The first-order valence-corrected chi connectivity index (χ1v) is 11.0. The molecular weight excluding hydrogens is 465 g/mol. The SMILES string of the molecule is CC(=O)Nc1ccc(-c2noc([C@@H]3CCCCN3C(=O)COc3ccccc3)n2)cc1C(F)(F)F. The summed E-state index contributed by atoms with van der Waals surface area (Å²) in [5.41, 5.74) is -1.31. The Morgan fingerprint density at radius 1 is 1.17 bits per heavy atom. The highest BCUT2D eigenvalue weighted by molar-refractivity contribution is 5.90. The van der Waals surface area contributed by atoms with Gasteiger partial charge in [0, 0.05) is 19.0 Å². The number of halogens is 3. The molecule has 184 valence electrons.